The summed E-state index contributed by atoms with van der Waals surface area (Å²) in [6, 6.07) is 140. The van der Waals surface area contributed by atoms with Crippen LogP contribution < -0.4 is 10.6 Å². The predicted octanol–water partition coefficient (Wildman–Crippen LogP) is 34.7. The SMILES string of the molecule is Brc1ccc(-c2ccccc2)cc1.Brc1ccc2c(c1)oc1ccccc12.CC(Cl)(Cl)Cl.CC(Cl)Cl.Nc1cc2ccccc2c2ccccc12.c1ccc(-c2ccc(N(c3ccc4c(c3)oc3ccccc34)c3cc4ccccc4c4ccccc34)cc2)cc1.c1ccc2c(c1)cc(Cc1ccc3c(c1)oc1ccccc13)c1ccccc12. The molecule has 2 N–H and O–H groups in total. The fourth-order valence-electron chi connectivity index (χ4n) is 15.4. The molecular formula is C107H77Br2Cl5N2O3. The van der Waals surface area contributed by atoms with E-state index in [0.29, 0.717) is 0 Å². The zero-order chi connectivity index (χ0) is 81.9. The summed E-state index contributed by atoms with van der Waals surface area (Å²) in [6.07, 6.45) is 0.887. The van der Waals surface area contributed by atoms with Gasteiger partial charge < -0.3 is 23.9 Å². The first-order chi connectivity index (χ1) is 58.0. The standard InChI is InChI=1S/C38H25NO.C27H18O.C14H11N.C12H7BrO.C12H9Br.C2H3Cl3.C2H4Cl2/c1-2-10-26(11-3-1)27-18-20-29(21-19-27)39(30-22-23-35-34-16-8-9-17-37(34)40-38(35)25-30)36-24-28-12-4-5-13-31(28)32-14-6-7-15-33(32)36;1-2-8-21-19(7-1)17-20(22-9-3-4-10-23(21)22)15-18-13-14-25-24-11-5-6-12-26(24)28-27(25)16-18;15-14-9-10-5-1-2-6-11(10)12-7-3-4-8-13(12)14;13-8-5-6-10-9-3-1-2-4-11(9)14-12(10)7-8;13-12-8-6-11(7-9-12)10-4-2-1-3-5-10;1-2(3,4)5;1-2(3)4/h1-25H;1-14,16-17H,15H2;1-9H,15H2;1-7H;1-9H;1H3;2H,1H3. The molecule has 0 unspecified atom stereocenters. The Morgan fingerprint density at radius 3 is 1.11 bits per heavy atom. The molecule has 22 aromatic rings. The van der Waals surface area contributed by atoms with E-state index < -0.39 is 3.79 Å². The smallest absolute Gasteiger partial charge is 0.187 e. The molecule has 3 aromatic heterocycles. The van der Waals surface area contributed by atoms with Crippen LogP contribution in [-0.2, 0) is 6.42 Å². The molecule has 0 radical (unpaired) electrons. The molecule has 22 rings (SSSR count). The third-order valence-corrected chi connectivity index (χ3v) is 21.6. The molecule has 0 aliphatic rings. The first-order valence-corrected chi connectivity index (χ1v) is 42.5. The Balaban J connectivity index is 0.000000116. The molecule has 19 aromatic carbocycles. The zero-order valence-electron chi connectivity index (χ0n) is 64.8. The molecule has 119 heavy (non-hydrogen) atoms. The maximum absolute atomic E-state index is 6.32. The molecule has 5 nitrogen and oxygen atoms in total. The third kappa shape index (κ3) is 19.0. The van der Waals surface area contributed by atoms with Crippen molar-refractivity contribution in [2.45, 2.75) is 28.9 Å². The van der Waals surface area contributed by atoms with Crippen molar-refractivity contribution in [2.75, 3.05) is 10.6 Å². The summed E-state index contributed by atoms with van der Waals surface area (Å²) in [4.78, 5) is 2.14. The predicted molar refractivity (Wildman–Crippen MR) is 521 cm³/mol. The van der Waals surface area contributed by atoms with Crippen LogP contribution in [0.5, 0.6) is 0 Å². The quantitative estimate of drug-likeness (QED) is 0.0978. The number of furan rings is 3. The minimum absolute atomic E-state index is 0.222. The average Bonchev–Trinajstić information content (AvgIpc) is 1.25. The highest BCUT2D eigenvalue weighted by atomic mass is 79.9. The maximum Gasteiger partial charge on any atom is 0.187 e. The summed E-state index contributed by atoms with van der Waals surface area (Å²) < 4.78 is 19.2. The molecule has 0 bridgehead atoms. The van der Waals surface area contributed by atoms with E-state index in [0.717, 1.165) is 87.8 Å². The van der Waals surface area contributed by atoms with Gasteiger partial charge in [-0.25, -0.2) is 0 Å². The number of anilines is 4. The van der Waals surface area contributed by atoms with Crippen LogP contribution in [0.25, 0.3) is 153 Å². The van der Waals surface area contributed by atoms with Crippen molar-refractivity contribution in [2.24, 2.45) is 0 Å². The summed E-state index contributed by atoms with van der Waals surface area (Å²) >= 11 is 32.1. The van der Waals surface area contributed by atoms with Crippen LogP contribution in [0.2, 0.25) is 0 Å². The molecule has 0 aliphatic heterocycles. The maximum atomic E-state index is 6.32. The highest BCUT2D eigenvalue weighted by Gasteiger charge is 2.21. The van der Waals surface area contributed by atoms with Gasteiger partial charge in [-0.05, 0) is 199 Å². The minimum atomic E-state index is -1.08. The molecule has 0 aliphatic carbocycles. The molecule has 0 atom stereocenters. The van der Waals surface area contributed by atoms with Gasteiger partial charge in [-0.15, -0.1) is 23.2 Å². The number of hydrogen-bond acceptors (Lipinski definition) is 5. The largest absolute Gasteiger partial charge is 0.456 e. The molecule has 0 fully saturated rings. The third-order valence-electron chi connectivity index (χ3n) is 20.6. The summed E-state index contributed by atoms with van der Waals surface area (Å²) in [6.45, 7) is 3.18. The van der Waals surface area contributed by atoms with Crippen LogP contribution >= 0.6 is 89.9 Å². The Labute approximate surface area is 732 Å². The number of nitrogens with zero attached hydrogens (tertiary/aromatic N) is 1. The van der Waals surface area contributed by atoms with Gasteiger partial charge in [0.1, 0.15) is 38.3 Å². The van der Waals surface area contributed by atoms with Gasteiger partial charge in [-0.2, -0.15) is 0 Å². The molecule has 3 heterocycles. The number of alkyl halides is 5. The number of benzene rings is 19. The van der Waals surface area contributed by atoms with Gasteiger partial charge >= 0.3 is 0 Å². The molecule has 0 saturated carbocycles. The van der Waals surface area contributed by atoms with Crippen LogP contribution in [0.3, 0.4) is 0 Å². The lowest BCUT2D eigenvalue weighted by Gasteiger charge is -2.27. The van der Waals surface area contributed by atoms with Gasteiger partial charge in [0, 0.05) is 75.2 Å². The van der Waals surface area contributed by atoms with E-state index in [1.165, 1.54) is 121 Å². The molecule has 12 heteroatoms. The summed E-state index contributed by atoms with van der Waals surface area (Å²) in [5.41, 5.74) is 23.3. The van der Waals surface area contributed by atoms with E-state index in [4.69, 9.17) is 77.0 Å². The van der Waals surface area contributed by atoms with Crippen molar-refractivity contribution < 1.29 is 13.3 Å². The highest BCUT2D eigenvalue weighted by Crippen LogP contribution is 2.45. The first-order valence-electron chi connectivity index (χ1n) is 39.0. The van der Waals surface area contributed by atoms with Crippen molar-refractivity contribution in [3.63, 3.8) is 0 Å². The van der Waals surface area contributed by atoms with Crippen molar-refractivity contribution >= 4 is 243 Å². The van der Waals surface area contributed by atoms with Gasteiger partial charge in [0.05, 0.1) is 5.69 Å². The van der Waals surface area contributed by atoms with E-state index in [2.05, 4.69) is 352 Å². The van der Waals surface area contributed by atoms with Crippen molar-refractivity contribution in [1.82, 2.24) is 0 Å². The molecule has 0 amide bonds. The summed E-state index contributed by atoms with van der Waals surface area (Å²) in [5, 5.41) is 22.0. The monoisotopic (exact) mass is 1770 g/mol. The number of halogens is 7. The van der Waals surface area contributed by atoms with Crippen molar-refractivity contribution in [3.05, 3.63) is 420 Å². The topological polar surface area (TPSA) is 68.7 Å². The van der Waals surface area contributed by atoms with E-state index in [1.54, 1.807) is 6.92 Å². The highest BCUT2D eigenvalue weighted by molar-refractivity contribution is 9.10. The second-order valence-electron chi connectivity index (χ2n) is 28.7. The lowest BCUT2D eigenvalue weighted by molar-refractivity contribution is 0.668. The molecule has 0 spiro atoms. The number of nitrogens with two attached hydrogens (primary N) is 1. The summed E-state index contributed by atoms with van der Waals surface area (Å²) in [5.74, 6) is 0. The van der Waals surface area contributed by atoms with E-state index >= 15 is 0 Å². The van der Waals surface area contributed by atoms with Crippen LogP contribution in [0.15, 0.2) is 423 Å². The fraction of sp³-hybridized carbons (Fsp3) is 0.0467. The number of nitrogen functional groups attached to an aromatic ring is 1. The molecule has 0 saturated heterocycles. The number of rotatable bonds is 7. The van der Waals surface area contributed by atoms with Gasteiger partial charge in [0.15, 0.2) is 3.79 Å². The van der Waals surface area contributed by atoms with Gasteiger partial charge in [0.25, 0.3) is 0 Å². The fourth-order valence-corrected chi connectivity index (χ4v) is 16.0. The van der Waals surface area contributed by atoms with Crippen LogP contribution in [0, 0.1) is 0 Å². The van der Waals surface area contributed by atoms with Gasteiger partial charge in [0.2, 0.25) is 0 Å². The van der Waals surface area contributed by atoms with E-state index in [9.17, 15) is 0 Å². The van der Waals surface area contributed by atoms with Gasteiger partial charge in [-0.1, -0.05) is 370 Å². The van der Waals surface area contributed by atoms with Crippen molar-refractivity contribution in [3.8, 4) is 22.3 Å². The minimum Gasteiger partial charge on any atom is -0.456 e. The first kappa shape index (κ1) is 80.9. The second-order valence-corrected chi connectivity index (χ2v) is 35.0. The second kappa shape index (κ2) is 37.0. The number of fused-ring (bicyclic) bond motifs is 18. The van der Waals surface area contributed by atoms with Crippen LogP contribution in [0.4, 0.5) is 22.7 Å². The average molecular weight is 1780 g/mol. The Bertz CT molecular complexity index is 7300. The Morgan fingerprint density at radius 1 is 0.294 bits per heavy atom. The van der Waals surface area contributed by atoms with Gasteiger partial charge in [-0.3, -0.25) is 0 Å². The Morgan fingerprint density at radius 2 is 0.613 bits per heavy atom. The number of para-hydroxylation sites is 3. The number of hydrogen-bond donors (Lipinski definition) is 1. The van der Waals surface area contributed by atoms with Crippen molar-refractivity contribution in [1.29, 1.82) is 0 Å². The van der Waals surface area contributed by atoms with Crippen LogP contribution in [0.1, 0.15) is 25.0 Å². The van der Waals surface area contributed by atoms with E-state index in [1.807, 2.05) is 84.9 Å². The summed E-state index contributed by atoms with van der Waals surface area (Å²) in [7, 11) is 0. The van der Waals surface area contributed by atoms with E-state index in [-0.39, 0.29) is 4.84 Å². The van der Waals surface area contributed by atoms with Crippen LogP contribution in [-0.4, -0.2) is 8.63 Å². The lowest BCUT2D eigenvalue weighted by Crippen LogP contribution is -2.10. The Kier molecular flexibility index (Phi) is 25.1. The Hall–Kier alpha value is -11.9. The zero-order valence-corrected chi connectivity index (χ0v) is 71.7. The molecule has 582 valence electrons. The normalized spacial score (nSPS) is 11.2. The molecular weight excluding hydrogens is 1700 g/mol. The lowest BCUT2D eigenvalue weighted by atomic mass is 9.93.